The molecule has 0 spiro atoms. The molecule has 1 aromatic heterocycles. The van der Waals surface area contributed by atoms with Gasteiger partial charge >= 0.3 is 0 Å². The van der Waals surface area contributed by atoms with Crippen molar-refractivity contribution in [3.63, 3.8) is 0 Å². The van der Waals surface area contributed by atoms with Gasteiger partial charge in [0.15, 0.2) is 0 Å². The number of aromatic nitrogens is 1. The predicted molar refractivity (Wildman–Crippen MR) is 90.9 cm³/mol. The van der Waals surface area contributed by atoms with E-state index >= 15 is 0 Å². The van der Waals surface area contributed by atoms with Crippen molar-refractivity contribution in [2.24, 2.45) is 5.92 Å². The second kappa shape index (κ2) is 7.48. The predicted octanol–water partition coefficient (Wildman–Crippen LogP) is 2.05. The van der Waals surface area contributed by atoms with E-state index in [1.807, 2.05) is 29.1 Å². The zero-order valence-corrected chi connectivity index (χ0v) is 13.9. The Morgan fingerprint density at radius 3 is 2.84 bits per heavy atom. The first-order valence-corrected chi connectivity index (χ1v) is 8.09. The molecule has 1 aliphatic rings. The number of likely N-dealkylation sites (tertiary alicyclic amines) is 1. The number of amides is 2. The molecule has 0 saturated carbocycles. The van der Waals surface area contributed by atoms with Crippen LogP contribution in [0.4, 0.5) is 10.1 Å². The molecule has 1 aliphatic heterocycles. The number of hydrogen-bond donors (Lipinski definition) is 1. The van der Waals surface area contributed by atoms with Crippen LogP contribution in [0.3, 0.4) is 0 Å². The molecule has 6 nitrogen and oxygen atoms in total. The minimum atomic E-state index is -0.509. The zero-order valence-electron chi connectivity index (χ0n) is 13.9. The Morgan fingerprint density at radius 2 is 2.12 bits per heavy atom. The molecule has 0 radical (unpaired) electrons. The summed E-state index contributed by atoms with van der Waals surface area (Å²) in [5.41, 5.74) is 0.852. The number of anilines is 1. The highest BCUT2D eigenvalue weighted by atomic mass is 19.1. The molecule has 2 amide bonds. The van der Waals surface area contributed by atoms with Crippen molar-refractivity contribution >= 4 is 17.5 Å². The van der Waals surface area contributed by atoms with Gasteiger partial charge in [-0.1, -0.05) is 0 Å². The maximum Gasteiger partial charge on any atom is 0.229 e. The van der Waals surface area contributed by atoms with Gasteiger partial charge in [0.05, 0.1) is 18.2 Å². The van der Waals surface area contributed by atoms with Gasteiger partial charge in [-0.3, -0.25) is 9.59 Å². The number of nitrogens with one attached hydrogen (secondary N) is 1. The van der Waals surface area contributed by atoms with Crippen LogP contribution in [0.25, 0.3) is 5.69 Å². The number of carbonyl (C=O) groups excluding carboxylic acids is 2. The standard InChI is InChI=1S/C18H20FN3O3/c1-25-9-8-22-12-13(10-17(22)23)18(24)20-16-11-14(4-5-15(16)19)21-6-2-3-7-21/h2-7,11,13H,8-10,12H2,1H3,(H,20,24)/t13-/m1/s1. The lowest BCUT2D eigenvalue weighted by Gasteiger charge is -2.16. The van der Waals surface area contributed by atoms with Crippen LogP contribution in [0.5, 0.6) is 0 Å². The van der Waals surface area contributed by atoms with Crippen LogP contribution >= 0.6 is 0 Å². The van der Waals surface area contributed by atoms with Gasteiger partial charge in [0.1, 0.15) is 5.82 Å². The summed E-state index contributed by atoms with van der Waals surface area (Å²) in [5, 5.41) is 2.61. The summed E-state index contributed by atoms with van der Waals surface area (Å²) in [5.74, 6) is -1.43. The molecular formula is C18H20FN3O3. The molecule has 1 atom stereocenters. The van der Waals surface area contributed by atoms with Crippen LogP contribution in [0.2, 0.25) is 0 Å². The molecule has 0 bridgehead atoms. The fourth-order valence-electron chi connectivity index (χ4n) is 2.88. The second-order valence-corrected chi connectivity index (χ2v) is 5.98. The zero-order chi connectivity index (χ0) is 17.8. The van der Waals surface area contributed by atoms with Crippen molar-refractivity contribution < 1.29 is 18.7 Å². The van der Waals surface area contributed by atoms with Gasteiger partial charge < -0.3 is 19.5 Å². The van der Waals surface area contributed by atoms with Crippen LogP contribution in [-0.4, -0.2) is 48.1 Å². The molecule has 1 saturated heterocycles. The van der Waals surface area contributed by atoms with Crippen molar-refractivity contribution in [1.82, 2.24) is 9.47 Å². The monoisotopic (exact) mass is 345 g/mol. The number of ether oxygens (including phenoxy) is 1. The van der Waals surface area contributed by atoms with Gasteiger partial charge in [0.2, 0.25) is 11.8 Å². The van der Waals surface area contributed by atoms with E-state index in [1.54, 1.807) is 24.1 Å². The maximum atomic E-state index is 14.1. The molecule has 132 valence electrons. The normalized spacial score (nSPS) is 17.1. The van der Waals surface area contributed by atoms with Crippen molar-refractivity contribution in [3.05, 3.63) is 48.5 Å². The molecule has 3 rings (SSSR count). The number of hydrogen-bond acceptors (Lipinski definition) is 3. The molecule has 1 fully saturated rings. The Morgan fingerprint density at radius 1 is 1.36 bits per heavy atom. The Labute approximate surface area is 145 Å². The summed E-state index contributed by atoms with van der Waals surface area (Å²) in [6, 6.07) is 8.25. The van der Waals surface area contributed by atoms with Crippen LogP contribution in [0, 0.1) is 11.7 Å². The summed E-state index contributed by atoms with van der Waals surface area (Å²) in [6.45, 7) is 1.21. The fraction of sp³-hybridized carbons (Fsp3) is 0.333. The highest BCUT2D eigenvalue weighted by Gasteiger charge is 2.34. The maximum absolute atomic E-state index is 14.1. The largest absolute Gasteiger partial charge is 0.383 e. The second-order valence-electron chi connectivity index (χ2n) is 5.98. The smallest absolute Gasteiger partial charge is 0.229 e. The van der Waals surface area contributed by atoms with E-state index in [2.05, 4.69) is 5.32 Å². The number of carbonyl (C=O) groups is 2. The van der Waals surface area contributed by atoms with E-state index in [0.717, 1.165) is 5.69 Å². The van der Waals surface area contributed by atoms with Gasteiger partial charge in [-0.2, -0.15) is 0 Å². The number of halogens is 1. The molecule has 0 aliphatic carbocycles. The topological polar surface area (TPSA) is 63.6 Å². The molecule has 1 N–H and O–H groups in total. The Kier molecular flexibility index (Phi) is 5.14. The first-order chi connectivity index (χ1) is 12.1. The third-order valence-electron chi connectivity index (χ3n) is 4.26. The quantitative estimate of drug-likeness (QED) is 0.872. The van der Waals surface area contributed by atoms with Crippen molar-refractivity contribution in [2.45, 2.75) is 6.42 Å². The van der Waals surface area contributed by atoms with E-state index in [1.165, 1.54) is 6.07 Å². The van der Waals surface area contributed by atoms with Crippen LogP contribution in [0.15, 0.2) is 42.7 Å². The number of methoxy groups -OCH3 is 1. The average molecular weight is 345 g/mol. The van der Waals surface area contributed by atoms with E-state index in [0.29, 0.717) is 19.7 Å². The number of benzene rings is 1. The summed E-state index contributed by atoms with van der Waals surface area (Å²) >= 11 is 0. The summed E-state index contributed by atoms with van der Waals surface area (Å²) in [4.78, 5) is 26.0. The van der Waals surface area contributed by atoms with Crippen molar-refractivity contribution in [2.75, 3.05) is 32.1 Å². The fourth-order valence-corrected chi connectivity index (χ4v) is 2.88. The highest BCUT2D eigenvalue weighted by molar-refractivity contribution is 5.97. The van der Waals surface area contributed by atoms with Crippen LogP contribution in [-0.2, 0) is 14.3 Å². The minimum absolute atomic E-state index is 0.0845. The van der Waals surface area contributed by atoms with Gasteiger partial charge in [0.25, 0.3) is 0 Å². The molecule has 25 heavy (non-hydrogen) atoms. The van der Waals surface area contributed by atoms with Crippen LogP contribution < -0.4 is 5.32 Å². The third-order valence-corrected chi connectivity index (χ3v) is 4.26. The lowest BCUT2D eigenvalue weighted by molar-refractivity contribution is -0.128. The van der Waals surface area contributed by atoms with Gasteiger partial charge in [-0.25, -0.2) is 4.39 Å². The first-order valence-electron chi connectivity index (χ1n) is 8.09. The highest BCUT2D eigenvalue weighted by Crippen LogP contribution is 2.23. The van der Waals surface area contributed by atoms with E-state index < -0.39 is 11.7 Å². The van der Waals surface area contributed by atoms with E-state index in [4.69, 9.17) is 4.74 Å². The molecular weight excluding hydrogens is 325 g/mol. The van der Waals surface area contributed by atoms with Gasteiger partial charge in [-0.15, -0.1) is 0 Å². The molecule has 2 heterocycles. The lowest BCUT2D eigenvalue weighted by atomic mass is 10.1. The van der Waals surface area contributed by atoms with E-state index in [-0.39, 0.29) is 23.9 Å². The lowest BCUT2D eigenvalue weighted by Crippen LogP contribution is -2.31. The number of nitrogens with zero attached hydrogens (tertiary/aromatic N) is 2. The summed E-state index contributed by atoms with van der Waals surface area (Å²) in [6.07, 6.45) is 3.80. The average Bonchev–Trinajstić information content (AvgIpc) is 3.25. The van der Waals surface area contributed by atoms with Crippen LogP contribution in [0.1, 0.15) is 6.42 Å². The molecule has 1 aromatic carbocycles. The van der Waals surface area contributed by atoms with Gasteiger partial charge in [0, 0.05) is 44.7 Å². The molecule has 2 aromatic rings. The Bertz CT molecular complexity index is 761. The number of rotatable bonds is 6. The van der Waals surface area contributed by atoms with E-state index in [9.17, 15) is 14.0 Å². The van der Waals surface area contributed by atoms with Crippen molar-refractivity contribution in [1.29, 1.82) is 0 Å². The summed E-state index contributed by atoms with van der Waals surface area (Å²) in [7, 11) is 1.56. The third kappa shape index (κ3) is 3.88. The first kappa shape index (κ1) is 17.2. The molecule has 0 unspecified atom stereocenters. The van der Waals surface area contributed by atoms with Crippen molar-refractivity contribution in [3.8, 4) is 5.69 Å². The van der Waals surface area contributed by atoms with Gasteiger partial charge in [-0.05, 0) is 30.3 Å². The Hall–Kier alpha value is -2.67. The summed E-state index contributed by atoms with van der Waals surface area (Å²) < 4.78 is 20.8. The SMILES string of the molecule is COCCN1C[C@H](C(=O)Nc2cc(-n3cccc3)ccc2F)CC1=O. The molecule has 7 heteroatoms. The minimum Gasteiger partial charge on any atom is -0.383 e. The Balaban J connectivity index is 1.69.